The Labute approximate surface area is 183 Å². The Balaban J connectivity index is 1.41. The van der Waals surface area contributed by atoms with E-state index < -0.39 is 5.91 Å². The van der Waals surface area contributed by atoms with Gasteiger partial charge in [0.2, 0.25) is 0 Å². The molecule has 2 fully saturated rings. The Morgan fingerprint density at radius 3 is 2.32 bits per heavy atom. The molecule has 1 aromatic carbocycles. The summed E-state index contributed by atoms with van der Waals surface area (Å²) in [4.78, 5) is 40.7. The lowest BCUT2D eigenvalue weighted by Gasteiger charge is -2.45. The van der Waals surface area contributed by atoms with E-state index in [4.69, 9.17) is 5.26 Å². The maximum Gasteiger partial charge on any atom is 0.336 e. The zero-order chi connectivity index (χ0) is 22.2. The van der Waals surface area contributed by atoms with E-state index in [0.717, 1.165) is 38.9 Å². The molecule has 166 valence electrons. The zero-order valence-corrected chi connectivity index (χ0v) is 18.1. The number of fused-ring (bicyclic) bond motifs is 2. The van der Waals surface area contributed by atoms with Crippen molar-refractivity contribution in [1.29, 1.82) is 5.26 Å². The number of rotatable bonds is 7. The zero-order valence-electron chi connectivity index (χ0n) is 18.1. The van der Waals surface area contributed by atoms with E-state index in [0.29, 0.717) is 54.7 Å². The summed E-state index contributed by atoms with van der Waals surface area (Å²) in [5.41, 5.74) is 5.81. The van der Waals surface area contributed by atoms with Crippen LogP contribution >= 0.6 is 0 Å². The Morgan fingerprint density at radius 2 is 1.71 bits per heavy atom. The Bertz CT molecular complexity index is 819. The van der Waals surface area contributed by atoms with Gasteiger partial charge >= 0.3 is 6.03 Å². The van der Waals surface area contributed by atoms with E-state index in [-0.39, 0.29) is 6.03 Å². The number of benzene rings is 1. The number of hydrazine groups is 1. The SMILES string of the molecule is CCCC(=O)CCCN1CC2CC(C1)CN(C(=O)NNC(=O)c1ccc(C#N)cc1)C2. The van der Waals surface area contributed by atoms with Crippen LogP contribution in [0, 0.1) is 23.2 Å². The van der Waals surface area contributed by atoms with Crippen LogP contribution in [0.15, 0.2) is 24.3 Å². The van der Waals surface area contributed by atoms with Crippen molar-refractivity contribution in [2.24, 2.45) is 11.8 Å². The Morgan fingerprint density at radius 1 is 1.03 bits per heavy atom. The van der Waals surface area contributed by atoms with Crippen molar-refractivity contribution >= 4 is 17.7 Å². The molecule has 8 heteroatoms. The molecule has 0 radical (unpaired) electrons. The topological polar surface area (TPSA) is 106 Å². The van der Waals surface area contributed by atoms with E-state index in [1.54, 1.807) is 29.2 Å². The first kappa shape index (κ1) is 22.8. The number of amides is 3. The number of hydrogen-bond donors (Lipinski definition) is 2. The second-order valence-electron chi connectivity index (χ2n) is 8.60. The molecule has 0 spiro atoms. The van der Waals surface area contributed by atoms with Gasteiger partial charge in [0.15, 0.2) is 0 Å². The molecule has 2 heterocycles. The van der Waals surface area contributed by atoms with E-state index in [9.17, 15) is 14.4 Å². The number of nitrogens with zero attached hydrogens (tertiary/aromatic N) is 3. The molecule has 2 aliphatic heterocycles. The van der Waals surface area contributed by atoms with Gasteiger partial charge in [-0.3, -0.25) is 15.0 Å². The number of nitrogens with one attached hydrogen (secondary N) is 2. The summed E-state index contributed by atoms with van der Waals surface area (Å²) in [5.74, 6) is 0.766. The summed E-state index contributed by atoms with van der Waals surface area (Å²) >= 11 is 0. The first-order valence-corrected chi connectivity index (χ1v) is 11.1. The second-order valence-corrected chi connectivity index (χ2v) is 8.60. The highest BCUT2D eigenvalue weighted by Crippen LogP contribution is 2.28. The molecule has 2 unspecified atom stereocenters. The molecule has 1 aromatic rings. The largest absolute Gasteiger partial charge is 0.336 e. The number of carbonyl (C=O) groups excluding carboxylic acids is 3. The molecule has 2 atom stereocenters. The van der Waals surface area contributed by atoms with Crippen LogP contribution in [0.3, 0.4) is 0 Å². The number of ketones is 1. The number of likely N-dealkylation sites (tertiary alicyclic amines) is 2. The van der Waals surface area contributed by atoms with E-state index in [1.807, 2.05) is 13.0 Å². The van der Waals surface area contributed by atoms with Crippen molar-refractivity contribution < 1.29 is 14.4 Å². The van der Waals surface area contributed by atoms with Crippen LogP contribution in [0.4, 0.5) is 4.79 Å². The lowest BCUT2D eigenvalue weighted by atomic mass is 9.84. The lowest BCUT2D eigenvalue weighted by Crippen LogP contribution is -2.58. The summed E-state index contributed by atoms with van der Waals surface area (Å²) in [5, 5.41) is 8.83. The fourth-order valence-electron chi connectivity index (χ4n) is 4.60. The van der Waals surface area contributed by atoms with Crippen molar-refractivity contribution in [2.75, 3.05) is 32.7 Å². The molecule has 0 saturated carbocycles. The average Bonchev–Trinajstić information content (AvgIpc) is 2.77. The summed E-state index contributed by atoms with van der Waals surface area (Å²) in [7, 11) is 0. The van der Waals surface area contributed by atoms with E-state index in [2.05, 4.69) is 15.8 Å². The quantitative estimate of drug-likeness (QED) is 0.652. The van der Waals surface area contributed by atoms with Crippen LogP contribution in [-0.4, -0.2) is 60.2 Å². The van der Waals surface area contributed by atoms with Crippen LogP contribution in [0.5, 0.6) is 0 Å². The summed E-state index contributed by atoms with van der Waals surface area (Å²) in [6.45, 7) is 6.19. The number of carbonyl (C=O) groups is 3. The number of urea groups is 1. The number of piperidine rings is 2. The molecular weight excluding hydrogens is 394 g/mol. The molecule has 0 aromatic heterocycles. The first-order valence-electron chi connectivity index (χ1n) is 11.1. The van der Waals surface area contributed by atoms with Gasteiger partial charge in [0.05, 0.1) is 11.6 Å². The van der Waals surface area contributed by atoms with Gasteiger partial charge in [-0.25, -0.2) is 10.2 Å². The second kappa shape index (κ2) is 10.9. The Kier molecular flexibility index (Phi) is 8.01. The first-order chi connectivity index (χ1) is 15.0. The van der Waals surface area contributed by atoms with Gasteiger partial charge in [0, 0.05) is 44.6 Å². The van der Waals surface area contributed by atoms with E-state index in [1.165, 1.54) is 0 Å². The number of hydrogen-bond acceptors (Lipinski definition) is 5. The molecule has 0 aliphatic carbocycles. The summed E-state index contributed by atoms with van der Waals surface area (Å²) in [6.07, 6.45) is 4.28. The van der Waals surface area contributed by atoms with Gasteiger partial charge < -0.3 is 9.80 Å². The monoisotopic (exact) mass is 425 g/mol. The highest BCUT2D eigenvalue weighted by atomic mass is 16.2. The van der Waals surface area contributed by atoms with Crippen molar-refractivity contribution in [1.82, 2.24) is 20.7 Å². The predicted octanol–water partition coefficient (Wildman–Crippen LogP) is 2.32. The number of Topliss-reactive ketones (excluding diaryl/α,β-unsaturated/α-hetero) is 1. The molecular formula is C23H31N5O3. The molecule has 2 N–H and O–H groups in total. The maximum atomic E-state index is 12.6. The highest BCUT2D eigenvalue weighted by Gasteiger charge is 2.35. The van der Waals surface area contributed by atoms with Gasteiger partial charge in [-0.05, 0) is 61.9 Å². The summed E-state index contributed by atoms with van der Waals surface area (Å²) < 4.78 is 0. The molecule has 3 rings (SSSR count). The standard InChI is InChI=1S/C23H31N5O3/c1-2-4-21(29)5-3-10-27-13-18-11-19(14-27)16-28(15-18)23(31)26-25-22(30)20-8-6-17(12-24)7-9-20/h6-9,18-19H,2-5,10-11,13-16H2,1H3,(H,25,30)(H,26,31). The van der Waals surface area contributed by atoms with Gasteiger partial charge in [-0.15, -0.1) is 0 Å². The van der Waals surface area contributed by atoms with Crippen molar-refractivity contribution in [3.63, 3.8) is 0 Å². The molecule has 2 aliphatic rings. The fraction of sp³-hybridized carbons (Fsp3) is 0.565. The van der Waals surface area contributed by atoms with Crippen LogP contribution in [0.25, 0.3) is 0 Å². The molecule has 8 nitrogen and oxygen atoms in total. The Hall–Kier alpha value is -2.92. The van der Waals surface area contributed by atoms with Crippen molar-refractivity contribution in [3.05, 3.63) is 35.4 Å². The summed E-state index contributed by atoms with van der Waals surface area (Å²) in [6, 6.07) is 7.94. The third kappa shape index (κ3) is 6.53. The minimum Gasteiger partial charge on any atom is -0.323 e. The third-order valence-corrected chi connectivity index (χ3v) is 5.96. The molecule has 31 heavy (non-hydrogen) atoms. The van der Waals surface area contributed by atoms with Gasteiger partial charge in [-0.2, -0.15) is 5.26 Å². The predicted molar refractivity (Wildman–Crippen MR) is 116 cm³/mol. The van der Waals surface area contributed by atoms with Crippen molar-refractivity contribution in [2.45, 2.75) is 39.0 Å². The third-order valence-electron chi connectivity index (χ3n) is 5.96. The van der Waals surface area contributed by atoms with Crippen LogP contribution in [-0.2, 0) is 4.79 Å². The molecule has 3 amide bonds. The maximum absolute atomic E-state index is 12.6. The smallest absolute Gasteiger partial charge is 0.323 e. The highest BCUT2D eigenvalue weighted by molar-refractivity contribution is 5.95. The normalized spacial score (nSPS) is 20.6. The van der Waals surface area contributed by atoms with Crippen LogP contribution < -0.4 is 10.9 Å². The minimum atomic E-state index is -0.418. The van der Waals surface area contributed by atoms with E-state index >= 15 is 0 Å². The number of nitriles is 1. The van der Waals surface area contributed by atoms with Gasteiger partial charge in [-0.1, -0.05) is 6.92 Å². The average molecular weight is 426 g/mol. The van der Waals surface area contributed by atoms with Gasteiger partial charge in [0.1, 0.15) is 5.78 Å². The lowest BCUT2D eigenvalue weighted by molar-refractivity contribution is -0.119. The minimum absolute atomic E-state index is 0.296. The fourth-order valence-corrected chi connectivity index (χ4v) is 4.60. The van der Waals surface area contributed by atoms with Crippen LogP contribution in [0.1, 0.15) is 54.9 Å². The van der Waals surface area contributed by atoms with Crippen molar-refractivity contribution in [3.8, 4) is 6.07 Å². The van der Waals surface area contributed by atoms with Gasteiger partial charge in [0.25, 0.3) is 5.91 Å². The molecule has 2 bridgehead atoms. The van der Waals surface area contributed by atoms with Crippen LogP contribution in [0.2, 0.25) is 0 Å². The molecule has 2 saturated heterocycles.